The van der Waals surface area contributed by atoms with Crippen molar-refractivity contribution in [1.29, 1.82) is 0 Å². The van der Waals surface area contributed by atoms with E-state index in [1.165, 1.54) is 0 Å². The predicted molar refractivity (Wildman–Crippen MR) is 107 cm³/mol. The first-order valence-corrected chi connectivity index (χ1v) is 9.72. The summed E-state index contributed by atoms with van der Waals surface area (Å²) in [5.41, 5.74) is 1.87. The predicted octanol–water partition coefficient (Wildman–Crippen LogP) is 7.72. The van der Waals surface area contributed by atoms with E-state index >= 15 is 0 Å². The van der Waals surface area contributed by atoms with Crippen molar-refractivity contribution in [3.8, 4) is 0 Å². The first-order chi connectivity index (χ1) is 14.1. The minimum Gasteiger partial charge on any atom is -0.167 e. The summed E-state index contributed by atoms with van der Waals surface area (Å²) in [6, 6.07) is 18.4. The molecule has 0 saturated carbocycles. The maximum atomic E-state index is 12.8. The van der Waals surface area contributed by atoms with Gasteiger partial charge in [-0.15, -0.1) is 0 Å². The molecule has 6 heteroatoms. The topological polar surface area (TPSA) is 0 Å². The monoisotopic (exact) mass is 426 g/mol. The van der Waals surface area contributed by atoms with Gasteiger partial charge in [0.1, 0.15) is 0 Å². The van der Waals surface area contributed by atoms with Gasteiger partial charge in [0.25, 0.3) is 0 Å². The Kier molecular flexibility index (Phi) is 8.75. The fourth-order valence-corrected chi connectivity index (χ4v) is 3.33. The van der Waals surface area contributed by atoms with Gasteiger partial charge < -0.3 is 0 Å². The van der Waals surface area contributed by atoms with Crippen LogP contribution in [0, 0.1) is 11.8 Å². The zero-order valence-electron chi connectivity index (χ0n) is 16.3. The molecule has 0 N–H and O–H groups in total. The second-order valence-electron chi connectivity index (χ2n) is 7.18. The zero-order chi connectivity index (χ0) is 22.0. The first-order valence-electron chi connectivity index (χ1n) is 9.72. The Labute approximate surface area is 172 Å². The molecule has 0 saturated heterocycles. The molecular formula is C24H24F6. The summed E-state index contributed by atoms with van der Waals surface area (Å²) < 4.78 is 76.7. The van der Waals surface area contributed by atoms with Gasteiger partial charge in [-0.1, -0.05) is 72.8 Å². The Balaban J connectivity index is 2.23. The van der Waals surface area contributed by atoms with E-state index in [1.807, 2.05) is 60.7 Å². The number of hydrogen-bond acceptors (Lipinski definition) is 0. The van der Waals surface area contributed by atoms with Gasteiger partial charge in [0.15, 0.2) is 0 Å². The van der Waals surface area contributed by atoms with Crippen LogP contribution in [0.3, 0.4) is 0 Å². The Hall–Kier alpha value is -2.50. The number of allylic oxidation sites excluding steroid dienone is 4. The zero-order valence-corrected chi connectivity index (χ0v) is 16.3. The molecule has 2 aromatic carbocycles. The summed E-state index contributed by atoms with van der Waals surface area (Å²) in [5, 5.41) is 0. The maximum absolute atomic E-state index is 12.8. The number of aryl methyl sites for hydroxylation is 2. The first kappa shape index (κ1) is 23.8. The van der Waals surface area contributed by atoms with Crippen LogP contribution in [-0.4, -0.2) is 12.4 Å². The van der Waals surface area contributed by atoms with Crippen LogP contribution in [-0.2, 0) is 12.8 Å². The molecular weight excluding hydrogens is 402 g/mol. The Bertz CT molecular complexity index is 718. The van der Waals surface area contributed by atoms with Gasteiger partial charge in [0, 0.05) is 12.2 Å². The van der Waals surface area contributed by atoms with Gasteiger partial charge >= 0.3 is 12.4 Å². The molecule has 0 aromatic heterocycles. The number of alkyl halides is 6. The highest BCUT2D eigenvalue weighted by Gasteiger charge is 2.27. The quantitative estimate of drug-likeness (QED) is 0.284. The largest absolute Gasteiger partial charge is 0.409 e. The third-order valence-corrected chi connectivity index (χ3v) is 4.83. The summed E-state index contributed by atoms with van der Waals surface area (Å²) in [4.78, 5) is 0. The molecule has 162 valence electrons. The van der Waals surface area contributed by atoms with Gasteiger partial charge in [-0.25, -0.2) is 0 Å². The summed E-state index contributed by atoms with van der Waals surface area (Å²) in [7, 11) is 0. The molecule has 30 heavy (non-hydrogen) atoms. The van der Waals surface area contributed by atoms with Crippen molar-refractivity contribution in [3.63, 3.8) is 0 Å². The molecule has 0 aliphatic rings. The van der Waals surface area contributed by atoms with Crippen molar-refractivity contribution in [3.05, 3.63) is 96.1 Å². The van der Waals surface area contributed by atoms with E-state index in [0.717, 1.165) is 23.3 Å². The number of rotatable bonds is 9. The highest BCUT2D eigenvalue weighted by Crippen LogP contribution is 2.30. The van der Waals surface area contributed by atoms with Crippen LogP contribution in [0.2, 0.25) is 0 Å². The molecule has 0 radical (unpaired) electrons. The molecule has 0 fully saturated rings. The number of halogens is 6. The van der Waals surface area contributed by atoms with Gasteiger partial charge in [0.05, 0.1) is 0 Å². The van der Waals surface area contributed by atoms with E-state index in [4.69, 9.17) is 0 Å². The maximum Gasteiger partial charge on any atom is 0.409 e. The summed E-state index contributed by atoms with van der Waals surface area (Å²) in [5.74, 6) is -1.34. The van der Waals surface area contributed by atoms with Crippen LogP contribution in [0.15, 0.2) is 85.0 Å². The Morgan fingerprint density at radius 3 is 1.20 bits per heavy atom. The van der Waals surface area contributed by atoms with Crippen molar-refractivity contribution in [2.24, 2.45) is 11.8 Å². The lowest BCUT2D eigenvalue weighted by atomic mass is 9.82. The minimum atomic E-state index is -4.51. The third kappa shape index (κ3) is 9.81. The second-order valence-corrected chi connectivity index (χ2v) is 7.18. The summed E-state index contributed by atoms with van der Waals surface area (Å²) >= 11 is 0. The molecule has 2 unspecified atom stereocenters. The smallest absolute Gasteiger partial charge is 0.167 e. The average Bonchev–Trinajstić information content (AvgIpc) is 2.69. The molecule has 0 aliphatic carbocycles. The standard InChI is InChI=1S/C24H24F6/c25-23(26,27)17-15-21(13-11-19-7-3-1-4-8-19)22(16-18-24(28,29)30)14-12-20-9-5-2-6-10-20/h1-10,15-18,21-22H,11-14H2/b17-15+,18-16+. The summed E-state index contributed by atoms with van der Waals surface area (Å²) in [6.07, 6.45) is -5.12. The molecule has 2 atom stereocenters. The molecule has 0 aliphatic heterocycles. The van der Waals surface area contributed by atoms with Gasteiger partial charge in [-0.05, 0) is 48.6 Å². The van der Waals surface area contributed by atoms with Crippen LogP contribution < -0.4 is 0 Å². The van der Waals surface area contributed by atoms with Gasteiger partial charge in [-0.2, -0.15) is 26.3 Å². The van der Waals surface area contributed by atoms with Crippen LogP contribution in [0.5, 0.6) is 0 Å². The molecule has 0 heterocycles. The Morgan fingerprint density at radius 1 is 0.567 bits per heavy atom. The number of hydrogen-bond donors (Lipinski definition) is 0. The SMILES string of the molecule is FC(F)(F)/C=C/C(CCc1ccccc1)C(/C=C/C(F)(F)F)CCc1ccccc1. The second kappa shape index (κ2) is 11.0. The van der Waals surface area contributed by atoms with Crippen LogP contribution in [0.25, 0.3) is 0 Å². The van der Waals surface area contributed by atoms with Crippen LogP contribution >= 0.6 is 0 Å². The van der Waals surface area contributed by atoms with Crippen LogP contribution in [0.1, 0.15) is 24.0 Å². The van der Waals surface area contributed by atoms with E-state index in [2.05, 4.69) is 0 Å². The van der Waals surface area contributed by atoms with Crippen LogP contribution in [0.4, 0.5) is 26.3 Å². The lowest BCUT2D eigenvalue weighted by Crippen LogP contribution is -2.16. The van der Waals surface area contributed by atoms with Crippen molar-refractivity contribution >= 4 is 0 Å². The fourth-order valence-electron chi connectivity index (χ4n) is 3.33. The Morgan fingerprint density at radius 2 is 0.900 bits per heavy atom. The van der Waals surface area contributed by atoms with Crippen molar-refractivity contribution < 1.29 is 26.3 Å². The van der Waals surface area contributed by atoms with E-state index in [9.17, 15) is 26.3 Å². The molecule has 2 rings (SSSR count). The van der Waals surface area contributed by atoms with Gasteiger partial charge in [0.2, 0.25) is 0 Å². The highest BCUT2D eigenvalue weighted by molar-refractivity contribution is 5.17. The normalized spacial score (nSPS) is 15.0. The molecule has 0 spiro atoms. The fraction of sp³-hybridized carbons (Fsp3) is 0.333. The third-order valence-electron chi connectivity index (χ3n) is 4.83. The highest BCUT2D eigenvalue weighted by atomic mass is 19.4. The molecule has 2 aromatic rings. The average molecular weight is 426 g/mol. The van der Waals surface area contributed by atoms with E-state index in [0.29, 0.717) is 25.7 Å². The van der Waals surface area contributed by atoms with Crippen molar-refractivity contribution in [1.82, 2.24) is 0 Å². The summed E-state index contributed by atoms with van der Waals surface area (Å²) in [6.45, 7) is 0. The van der Waals surface area contributed by atoms with E-state index < -0.39 is 24.2 Å². The lowest BCUT2D eigenvalue weighted by molar-refractivity contribution is -0.0817. The van der Waals surface area contributed by atoms with Crippen molar-refractivity contribution in [2.45, 2.75) is 38.0 Å². The molecule has 0 nitrogen and oxygen atoms in total. The minimum absolute atomic E-state index is 0.138. The van der Waals surface area contributed by atoms with Gasteiger partial charge in [-0.3, -0.25) is 0 Å². The molecule has 0 amide bonds. The lowest BCUT2D eigenvalue weighted by Gasteiger charge is -2.23. The molecule has 0 bridgehead atoms. The van der Waals surface area contributed by atoms with E-state index in [1.54, 1.807) is 0 Å². The number of benzene rings is 2. The van der Waals surface area contributed by atoms with Crippen molar-refractivity contribution in [2.75, 3.05) is 0 Å². The van der Waals surface area contributed by atoms with E-state index in [-0.39, 0.29) is 12.2 Å².